The first-order valence-corrected chi connectivity index (χ1v) is 9.14. The Labute approximate surface area is 130 Å². The maximum absolute atomic E-state index is 12.6. The van der Waals surface area contributed by atoms with Crippen molar-refractivity contribution in [3.63, 3.8) is 0 Å². The van der Waals surface area contributed by atoms with Crippen molar-refractivity contribution in [2.24, 2.45) is 5.73 Å². The molecule has 1 saturated heterocycles. The van der Waals surface area contributed by atoms with E-state index in [-0.39, 0.29) is 10.3 Å². The fourth-order valence-corrected chi connectivity index (χ4v) is 6.22. The largest absolute Gasteiger partial charge is 0.329 e. The van der Waals surface area contributed by atoms with Gasteiger partial charge in [0.25, 0.3) is 10.0 Å². The molecule has 1 aliphatic heterocycles. The number of hydrogen-bond donors (Lipinski definition) is 1. The van der Waals surface area contributed by atoms with E-state index in [1.165, 1.54) is 10.4 Å². The maximum Gasteiger partial charge on any atom is 0.253 e. The summed E-state index contributed by atoms with van der Waals surface area (Å²) in [4.78, 5) is 2.08. The van der Waals surface area contributed by atoms with Crippen molar-refractivity contribution in [1.82, 2.24) is 9.21 Å². The van der Waals surface area contributed by atoms with Crippen LogP contribution in [0.25, 0.3) is 0 Å². The third kappa shape index (κ3) is 3.15. The minimum atomic E-state index is -3.52. The molecule has 0 spiro atoms. The molecular formula is C10H15BrClN3O2S2. The topological polar surface area (TPSA) is 66.6 Å². The molecule has 1 unspecified atom stereocenters. The molecular weight excluding hydrogens is 374 g/mol. The summed E-state index contributed by atoms with van der Waals surface area (Å²) in [5.41, 5.74) is 5.70. The SMILES string of the molecule is CN1CCN(S(=O)(=O)c2cc(Cl)c(Br)s2)C(CN)C1. The van der Waals surface area contributed by atoms with Crippen LogP contribution in [-0.2, 0) is 10.0 Å². The standard InChI is InChI=1S/C10H15BrClN3O2S2/c1-14-2-3-15(7(5-13)6-14)19(16,17)9-4-8(12)10(11)18-9/h4,7H,2-3,5-6,13H2,1H3. The molecule has 1 aromatic rings. The van der Waals surface area contributed by atoms with Gasteiger partial charge in [-0.05, 0) is 29.0 Å². The minimum Gasteiger partial charge on any atom is -0.329 e. The van der Waals surface area contributed by atoms with Crippen molar-refractivity contribution in [3.05, 3.63) is 14.9 Å². The molecule has 0 amide bonds. The number of nitrogens with two attached hydrogens (primary N) is 1. The Bertz CT molecular complexity index is 544. The van der Waals surface area contributed by atoms with Crippen molar-refractivity contribution in [2.75, 3.05) is 33.2 Å². The summed E-state index contributed by atoms with van der Waals surface area (Å²) in [6, 6.07) is 1.29. The Morgan fingerprint density at radius 1 is 1.58 bits per heavy atom. The van der Waals surface area contributed by atoms with Crippen molar-refractivity contribution in [3.8, 4) is 0 Å². The Morgan fingerprint density at radius 3 is 2.79 bits per heavy atom. The van der Waals surface area contributed by atoms with Gasteiger partial charge in [-0.15, -0.1) is 11.3 Å². The summed E-state index contributed by atoms with van der Waals surface area (Å²) < 4.78 is 27.6. The fourth-order valence-electron chi connectivity index (χ4n) is 2.07. The lowest BCUT2D eigenvalue weighted by molar-refractivity contribution is 0.164. The fraction of sp³-hybridized carbons (Fsp3) is 0.600. The average molecular weight is 389 g/mol. The van der Waals surface area contributed by atoms with E-state index in [9.17, 15) is 8.42 Å². The number of hydrogen-bond acceptors (Lipinski definition) is 5. The van der Waals surface area contributed by atoms with Crippen LogP contribution >= 0.6 is 38.9 Å². The van der Waals surface area contributed by atoms with Gasteiger partial charge in [-0.25, -0.2) is 8.42 Å². The van der Waals surface area contributed by atoms with E-state index < -0.39 is 10.0 Å². The molecule has 2 N–H and O–H groups in total. The highest BCUT2D eigenvalue weighted by atomic mass is 79.9. The van der Waals surface area contributed by atoms with Crippen LogP contribution < -0.4 is 5.73 Å². The molecule has 1 aromatic heterocycles. The maximum atomic E-state index is 12.6. The van der Waals surface area contributed by atoms with Gasteiger partial charge >= 0.3 is 0 Å². The molecule has 1 atom stereocenters. The third-order valence-corrected chi connectivity index (χ3v) is 7.97. The average Bonchev–Trinajstić information content (AvgIpc) is 2.70. The van der Waals surface area contributed by atoms with E-state index in [2.05, 4.69) is 20.8 Å². The third-order valence-electron chi connectivity index (χ3n) is 3.09. The highest BCUT2D eigenvalue weighted by Gasteiger charge is 2.35. The summed E-state index contributed by atoms with van der Waals surface area (Å²) in [5, 5.41) is 0.419. The molecule has 0 saturated carbocycles. The van der Waals surface area contributed by atoms with Crippen molar-refractivity contribution < 1.29 is 8.42 Å². The van der Waals surface area contributed by atoms with Crippen molar-refractivity contribution in [1.29, 1.82) is 0 Å². The first-order valence-electron chi connectivity index (χ1n) is 5.71. The summed E-state index contributed by atoms with van der Waals surface area (Å²) in [5.74, 6) is 0. The van der Waals surface area contributed by atoms with E-state index in [1.807, 2.05) is 7.05 Å². The van der Waals surface area contributed by atoms with Gasteiger partial charge in [0.2, 0.25) is 0 Å². The highest BCUT2D eigenvalue weighted by molar-refractivity contribution is 9.11. The number of piperazine rings is 1. The van der Waals surface area contributed by atoms with Gasteiger partial charge in [-0.2, -0.15) is 4.31 Å². The summed E-state index contributed by atoms with van der Waals surface area (Å²) in [7, 11) is -1.55. The second kappa shape index (κ2) is 5.97. The number of halogens is 2. The lowest BCUT2D eigenvalue weighted by atomic mass is 10.2. The molecule has 0 aliphatic carbocycles. The lowest BCUT2D eigenvalue weighted by Gasteiger charge is -2.38. The van der Waals surface area contributed by atoms with E-state index in [4.69, 9.17) is 17.3 Å². The van der Waals surface area contributed by atoms with Crippen LogP contribution in [0.2, 0.25) is 5.02 Å². The molecule has 1 fully saturated rings. The Kier molecular flexibility index (Phi) is 4.92. The zero-order valence-corrected chi connectivity index (χ0v) is 14.3. The number of rotatable bonds is 3. The smallest absolute Gasteiger partial charge is 0.253 e. The zero-order chi connectivity index (χ0) is 14.2. The van der Waals surface area contributed by atoms with E-state index in [0.717, 1.165) is 11.3 Å². The van der Waals surface area contributed by atoms with Crippen LogP contribution in [-0.4, -0.2) is 56.9 Å². The summed E-state index contributed by atoms with van der Waals surface area (Å²) >= 11 is 10.3. The molecule has 9 heteroatoms. The molecule has 2 heterocycles. The summed E-state index contributed by atoms with van der Waals surface area (Å²) in [6.45, 7) is 2.11. The summed E-state index contributed by atoms with van der Waals surface area (Å²) in [6.07, 6.45) is 0. The molecule has 2 rings (SSSR count). The molecule has 0 bridgehead atoms. The quantitative estimate of drug-likeness (QED) is 0.850. The van der Waals surface area contributed by atoms with Gasteiger partial charge < -0.3 is 10.6 Å². The minimum absolute atomic E-state index is 0.191. The van der Waals surface area contributed by atoms with Crippen LogP contribution in [0.5, 0.6) is 0 Å². The van der Waals surface area contributed by atoms with E-state index in [1.54, 1.807) is 0 Å². The number of thiophene rings is 1. The second-order valence-electron chi connectivity index (χ2n) is 4.45. The van der Waals surface area contributed by atoms with Gasteiger partial charge in [-0.3, -0.25) is 0 Å². The van der Waals surface area contributed by atoms with Gasteiger partial charge in [0, 0.05) is 26.2 Å². The molecule has 0 radical (unpaired) electrons. The Hall–Kier alpha value is 0.300. The van der Waals surface area contributed by atoms with Crippen molar-refractivity contribution >= 4 is 48.9 Å². The van der Waals surface area contributed by atoms with Crippen molar-refractivity contribution in [2.45, 2.75) is 10.3 Å². The first-order chi connectivity index (χ1) is 8.86. The molecule has 0 aromatic carbocycles. The Morgan fingerprint density at radius 2 is 2.26 bits per heavy atom. The van der Waals surface area contributed by atoms with Gasteiger partial charge in [0.15, 0.2) is 0 Å². The molecule has 5 nitrogen and oxygen atoms in total. The zero-order valence-electron chi connectivity index (χ0n) is 10.3. The van der Waals surface area contributed by atoms with Crippen LogP contribution in [0.15, 0.2) is 14.1 Å². The predicted octanol–water partition coefficient (Wildman–Crippen LogP) is 1.43. The van der Waals surface area contributed by atoms with Gasteiger partial charge in [-0.1, -0.05) is 11.6 Å². The Balaban J connectivity index is 2.33. The van der Waals surface area contributed by atoms with Crippen LogP contribution in [0.4, 0.5) is 0 Å². The van der Waals surface area contributed by atoms with Crippen LogP contribution in [0.1, 0.15) is 0 Å². The van der Waals surface area contributed by atoms with Gasteiger partial charge in [0.05, 0.1) is 14.9 Å². The molecule has 108 valence electrons. The molecule has 1 aliphatic rings. The monoisotopic (exact) mass is 387 g/mol. The second-order valence-corrected chi connectivity index (χ2v) is 9.35. The number of nitrogens with zero attached hydrogens (tertiary/aromatic N) is 2. The normalized spacial score (nSPS) is 22.8. The molecule has 19 heavy (non-hydrogen) atoms. The van der Waals surface area contributed by atoms with Crippen LogP contribution in [0.3, 0.4) is 0 Å². The van der Waals surface area contributed by atoms with Crippen LogP contribution in [0, 0.1) is 0 Å². The lowest BCUT2D eigenvalue weighted by Crippen LogP contribution is -2.56. The van der Waals surface area contributed by atoms with E-state index in [0.29, 0.717) is 35.0 Å². The first kappa shape index (κ1) is 15.7. The number of likely N-dealkylation sites (N-methyl/N-ethyl adjacent to an activating group) is 1. The highest BCUT2D eigenvalue weighted by Crippen LogP contribution is 2.36. The van der Waals surface area contributed by atoms with Gasteiger partial charge in [0.1, 0.15) is 4.21 Å². The predicted molar refractivity (Wildman–Crippen MR) is 81.3 cm³/mol. The van der Waals surface area contributed by atoms with E-state index >= 15 is 0 Å². The number of sulfonamides is 1.